The molecule has 1 heterocycles. The minimum absolute atomic E-state index is 0.0235. The highest BCUT2D eigenvalue weighted by Crippen LogP contribution is 2.14. The Morgan fingerprint density at radius 3 is 3.00 bits per heavy atom. The van der Waals surface area contributed by atoms with Gasteiger partial charge in [0.15, 0.2) is 0 Å². The molecule has 1 aromatic rings. The van der Waals surface area contributed by atoms with Crippen molar-refractivity contribution in [3.63, 3.8) is 0 Å². The molecule has 14 heavy (non-hydrogen) atoms. The van der Waals surface area contributed by atoms with Crippen LogP contribution in [-0.2, 0) is 6.42 Å². The van der Waals surface area contributed by atoms with Gasteiger partial charge in [-0.2, -0.15) is 0 Å². The number of nitrogens with one attached hydrogen (secondary N) is 1. The predicted octanol–water partition coefficient (Wildman–Crippen LogP) is 1.41. The summed E-state index contributed by atoms with van der Waals surface area (Å²) in [5.74, 6) is 0.895. The molecule has 78 valence electrons. The van der Waals surface area contributed by atoms with Crippen LogP contribution in [0.4, 0.5) is 0 Å². The van der Waals surface area contributed by atoms with E-state index in [2.05, 4.69) is 4.98 Å². The summed E-state index contributed by atoms with van der Waals surface area (Å²) in [6.45, 7) is 2.21. The molecule has 0 bridgehead atoms. The lowest BCUT2D eigenvalue weighted by molar-refractivity contribution is 0.288. The van der Waals surface area contributed by atoms with Crippen LogP contribution < -0.4 is 5.56 Å². The second kappa shape index (κ2) is 5.88. The fraction of sp³-hybridized carbons (Fsp3) is 0.500. The zero-order valence-electron chi connectivity index (χ0n) is 8.25. The molecule has 4 heteroatoms. The van der Waals surface area contributed by atoms with E-state index in [1.165, 1.54) is 0 Å². The van der Waals surface area contributed by atoms with Crippen molar-refractivity contribution in [1.29, 1.82) is 0 Å². The molecule has 0 spiro atoms. The first kappa shape index (κ1) is 11.3. The van der Waals surface area contributed by atoms with Crippen LogP contribution in [0.1, 0.15) is 18.9 Å². The van der Waals surface area contributed by atoms with Crippen molar-refractivity contribution in [2.45, 2.75) is 24.7 Å². The Hall–Kier alpha value is -0.740. The van der Waals surface area contributed by atoms with Gasteiger partial charge in [-0.15, -0.1) is 11.8 Å². The lowest BCUT2D eigenvalue weighted by Crippen LogP contribution is -2.08. The third-order valence-electron chi connectivity index (χ3n) is 1.85. The zero-order valence-corrected chi connectivity index (χ0v) is 9.06. The largest absolute Gasteiger partial charge is 0.396 e. The average Bonchev–Trinajstić information content (AvgIpc) is 2.19. The number of thioether (sulfide) groups is 1. The van der Waals surface area contributed by atoms with Gasteiger partial charge in [-0.05, 0) is 30.2 Å². The van der Waals surface area contributed by atoms with E-state index in [4.69, 9.17) is 5.11 Å². The third-order valence-corrected chi connectivity index (χ3v) is 2.76. The van der Waals surface area contributed by atoms with E-state index in [1.807, 2.05) is 13.0 Å². The molecule has 0 saturated heterocycles. The summed E-state index contributed by atoms with van der Waals surface area (Å²) in [5.41, 5.74) is 1.05. The number of aromatic nitrogens is 1. The van der Waals surface area contributed by atoms with Crippen molar-refractivity contribution >= 4 is 11.8 Å². The molecule has 0 atom stereocenters. The minimum Gasteiger partial charge on any atom is -0.396 e. The number of hydrogen-bond donors (Lipinski definition) is 2. The first-order valence-corrected chi connectivity index (χ1v) is 5.71. The lowest BCUT2D eigenvalue weighted by atomic mass is 10.2. The molecule has 0 amide bonds. The van der Waals surface area contributed by atoms with Gasteiger partial charge in [-0.25, -0.2) is 0 Å². The number of hydrogen-bond acceptors (Lipinski definition) is 3. The van der Waals surface area contributed by atoms with Crippen molar-refractivity contribution in [2.24, 2.45) is 0 Å². The first-order chi connectivity index (χ1) is 6.77. The van der Waals surface area contributed by atoms with Gasteiger partial charge in [-0.1, -0.05) is 6.92 Å². The summed E-state index contributed by atoms with van der Waals surface area (Å²) in [6, 6.07) is 1.91. The molecule has 0 saturated carbocycles. The molecule has 0 unspecified atom stereocenters. The third kappa shape index (κ3) is 3.20. The van der Waals surface area contributed by atoms with E-state index in [0.717, 1.165) is 29.1 Å². The summed E-state index contributed by atoms with van der Waals surface area (Å²) >= 11 is 1.54. The molecule has 0 radical (unpaired) electrons. The van der Waals surface area contributed by atoms with Gasteiger partial charge in [0, 0.05) is 12.8 Å². The summed E-state index contributed by atoms with van der Waals surface area (Å²) < 4.78 is 0. The molecule has 0 aliphatic heterocycles. The van der Waals surface area contributed by atoms with Gasteiger partial charge in [0.25, 0.3) is 5.56 Å². The number of aliphatic hydroxyl groups is 1. The Morgan fingerprint density at radius 2 is 2.36 bits per heavy atom. The van der Waals surface area contributed by atoms with Gasteiger partial charge in [0.05, 0.1) is 4.90 Å². The standard InChI is InChI=1S/C10H15NO2S/c1-2-14-9-6-8(4-3-5-12)7-11-10(9)13/h6-7,12H,2-5H2,1H3,(H,11,13). The Morgan fingerprint density at radius 1 is 1.57 bits per heavy atom. The zero-order chi connectivity index (χ0) is 10.4. The number of rotatable bonds is 5. The lowest BCUT2D eigenvalue weighted by Gasteiger charge is -2.02. The maximum absolute atomic E-state index is 11.3. The molecule has 1 aromatic heterocycles. The second-order valence-electron chi connectivity index (χ2n) is 2.96. The first-order valence-electron chi connectivity index (χ1n) is 4.73. The number of aromatic amines is 1. The number of aryl methyl sites for hydroxylation is 1. The fourth-order valence-corrected chi connectivity index (χ4v) is 1.93. The van der Waals surface area contributed by atoms with Gasteiger partial charge in [-0.3, -0.25) is 4.79 Å². The monoisotopic (exact) mass is 213 g/mol. The van der Waals surface area contributed by atoms with Crippen molar-refractivity contribution in [2.75, 3.05) is 12.4 Å². The number of aliphatic hydroxyl groups excluding tert-OH is 1. The number of H-pyrrole nitrogens is 1. The highest BCUT2D eigenvalue weighted by Gasteiger charge is 2.01. The van der Waals surface area contributed by atoms with Crippen LogP contribution in [0.3, 0.4) is 0 Å². The van der Waals surface area contributed by atoms with Crippen molar-refractivity contribution in [1.82, 2.24) is 4.98 Å². The average molecular weight is 213 g/mol. The van der Waals surface area contributed by atoms with E-state index in [1.54, 1.807) is 18.0 Å². The van der Waals surface area contributed by atoms with Crippen LogP contribution >= 0.6 is 11.8 Å². The van der Waals surface area contributed by atoms with Gasteiger partial charge in [0.2, 0.25) is 0 Å². The summed E-state index contributed by atoms with van der Waals surface area (Å²) in [7, 11) is 0. The molecule has 3 nitrogen and oxygen atoms in total. The van der Waals surface area contributed by atoms with Gasteiger partial charge < -0.3 is 10.1 Å². The smallest absolute Gasteiger partial charge is 0.261 e. The Bertz CT molecular complexity index is 335. The molecular formula is C10H15NO2S. The topological polar surface area (TPSA) is 53.1 Å². The molecular weight excluding hydrogens is 198 g/mol. The van der Waals surface area contributed by atoms with Crippen LogP contribution in [0.5, 0.6) is 0 Å². The Balaban J connectivity index is 2.78. The van der Waals surface area contributed by atoms with E-state index in [9.17, 15) is 4.79 Å². The summed E-state index contributed by atoms with van der Waals surface area (Å²) in [5, 5.41) is 8.68. The van der Waals surface area contributed by atoms with Crippen LogP contribution in [0, 0.1) is 0 Å². The fourth-order valence-electron chi connectivity index (χ4n) is 1.20. The molecule has 2 N–H and O–H groups in total. The maximum atomic E-state index is 11.3. The molecule has 0 aromatic carbocycles. The van der Waals surface area contributed by atoms with Crippen LogP contribution in [0.15, 0.2) is 22.0 Å². The van der Waals surface area contributed by atoms with Crippen molar-refractivity contribution in [3.05, 3.63) is 28.2 Å². The van der Waals surface area contributed by atoms with Gasteiger partial charge >= 0.3 is 0 Å². The van der Waals surface area contributed by atoms with Crippen LogP contribution in [-0.4, -0.2) is 22.5 Å². The van der Waals surface area contributed by atoms with Crippen LogP contribution in [0.2, 0.25) is 0 Å². The quantitative estimate of drug-likeness (QED) is 0.727. The van der Waals surface area contributed by atoms with Crippen molar-refractivity contribution in [3.8, 4) is 0 Å². The van der Waals surface area contributed by atoms with E-state index < -0.39 is 0 Å². The minimum atomic E-state index is -0.0235. The summed E-state index contributed by atoms with van der Waals surface area (Å²) in [6.07, 6.45) is 3.27. The van der Waals surface area contributed by atoms with Gasteiger partial charge in [0.1, 0.15) is 0 Å². The highest BCUT2D eigenvalue weighted by atomic mass is 32.2. The van der Waals surface area contributed by atoms with Crippen LogP contribution in [0.25, 0.3) is 0 Å². The van der Waals surface area contributed by atoms with E-state index in [0.29, 0.717) is 0 Å². The Labute approximate surface area is 87.6 Å². The molecule has 0 fully saturated rings. The van der Waals surface area contributed by atoms with E-state index in [-0.39, 0.29) is 12.2 Å². The Kier molecular flexibility index (Phi) is 4.76. The van der Waals surface area contributed by atoms with E-state index >= 15 is 0 Å². The SMILES string of the molecule is CCSc1cc(CCCO)c[nH]c1=O. The second-order valence-corrected chi connectivity index (χ2v) is 4.27. The number of pyridine rings is 1. The normalized spacial score (nSPS) is 10.4. The van der Waals surface area contributed by atoms with Crippen molar-refractivity contribution < 1.29 is 5.11 Å². The summed E-state index contributed by atoms with van der Waals surface area (Å²) in [4.78, 5) is 14.8. The molecule has 1 rings (SSSR count). The highest BCUT2D eigenvalue weighted by molar-refractivity contribution is 7.99. The maximum Gasteiger partial charge on any atom is 0.261 e. The predicted molar refractivity (Wildman–Crippen MR) is 58.9 cm³/mol. The molecule has 0 aliphatic rings. The molecule has 0 aliphatic carbocycles.